The van der Waals surface area contributed by atoms with Gasteiger partial charge in [-0.25, -0.2) is 4.98 Å². The van der Waals surface area contributed by atoms with Crippen LogP contribution < -0.4 is 5.32 Å². The fourth-order valence-corrected chi connectivity index (χ4v) is 4.06. The van der Waals surface area contributed by atoms with Gasteiger partial charge < -0.3 is 5.32 Å². The van der Waals surface area contributed by atoms with Gasteiger partial charge in [0.25, 0.3) is 0 Å². The Hall–Kier alpha value is -1.68. The predicted octanol–water partition coefficient (Wildman–Crippen LogP) is 4.21. The summed E-state index contributed by atoms with van der Waals surface area (Å²) < 4.78 is 0. The van der Waals surface area contributed by atoms with Crippen LogP contribution in [0.2, 0.25) is 0 Å². The van der Waals surface area contributed by atoms with E-state index in [0.29, 0.717) is 6.42 Å². The second kappa shape index (κ2) is 6.61. The van der Waals surface area contributed by atoms with Crippen molar-refractivity contribution in [1.82, 2.24) is 4.98 Å². The van der Waals surface area contributed by atoms with E-state index in [1.807, 2.05) is 19.1 Å². The molecule has 1 aromatic carbocycles. The zero-order chi connectivity index (χ0) is 15.5. The number of amides is 1. The Morgan fingerprint density at radius 2 is 2.09 bits per heavy atom. The predicted molar refractivity (Wildman–Crippen MR) is 91.6 cm³/mol. The normalized spacial score (nSPS) is 13.7. The number of fused-ring (bicyclic) bond motifs is 1. The van der Waals surface area contributed by atoms with Gasteiger partial charge in [-0.3, -0.25) is 4.79 Å². The van der Waals surface area contributed by atoms with Gasteiger partial charge in [0.05, 0.1) is 10.7 Å². The van der Waals surface area contributed by atoms with Crippen LogP contribution in [0.4, 0.5) is 5.69 Å². The first kappa shape index (κ1) is 15.2. The molecule has 1 aromatic heterocycles. The first-order chi connectivity index (χ1) is 10.6. The summed E-state index contributed by atoms with van der Waals surface area (Å²) in [6.07, 6.45) is 6.06. The number of aromatic nitrogens is 1. The molecule has 0 spiro atoms. The molecule has 3 rings (SSSR count). The average molecular weight is 314 g/mol. The number of rotatable bonds is 4. The second-order valence-corrected chi connectivity index (χ2v) is 7.22. The third-order valence-electron chi connectivity index (χ3n) is 4.11. The number of benzene rings is 1. The highest BCUT2D eigenvalue weighted by Gasteiger charge is 2.15. The van der Waals surface area contributed by atoms with E-state index in [2.05, 4.69) is 18.3 Å². The van der Waals surface area contributed by atoms with E-state index in [-0.39, 0.29) is 5.91 Å². The molecular weight excluding hydrogens is 292 g/mol. The first-order valence-corrected chi connectivity index (χ1v) is 8.78. The van der Waals surface area contributed by atoms with Crippen LogP contribution in [0.1, 0.15) is 46.0 Å². The largest absolute Gasteiger partial charge is 0.326 e. The third kappa shape index (κ3) is 3.55. The second-order valence-electron chi connectivity index (χ2n) is 6.05. The molecule has 0 unspecified atom stereocenters. The topological polar surface area (TPSA) is 42.0 Å². The first-order valence-electron chi connectivity index (χ1n) is 7.96. The number of nitrogens with one attached hydrogen (secondary N) is 1. The Balaban J connectivity index is 1.57. The highest BCUT2D eigenvalue weighted by atomic mass is 32.1. The van der Waals surface area contributed by atoms with E-state index in [1.165, 1.54) is 35.4 Å². The van der Waals surface area contributed by atoms with E-state index in [9.17, 15) is 4.79 Å². The lowest BCUT2D eigenvalue weighted by Crippen LogP contribution is -2.13. The number of aryl methyl sites for hydroxylation is 5. The Kier molecular flexibility index (Phi) is 4.57. The molecule has 4 heteroatoms. The average Bonchev–Trinajstić information content (AvgIpc) is 2.91. The lowest BCUT2D eigenvalue weighted by atomic mass is 10.0. The van der Waals surface area contributed by atoms with Crippen LogP contribution in [0.15, 0.2) is 18.2 Å². The lowest BCUT2D eigenvalue weighted by molar-refractivity contribution is -0.116. The van der Waals surface area contributed by atoms with Gasteiger partial charge in [0.2, 0.25) is 5.91 Å². The van der Waals surface area contributed by atoms with Crippen molar-refractivity contribution in [2.75, 3.05) is 5.32 Å². The quantitative estimate of drug-likeness (QED) is 0.918. The summed E-state index contributed by atoms with van der Waals surface area (Å²) in [5.41, 5.74) is 4.51. The molecule has 3 nitrogen and oxygen atoms in total. The third-order valence-corrected chi connectivity index (χ3v) is 5.33. The molecule has 0 saturated heterocycles. The summed E-state index contributed by atoms with van der Waals surface area (Å²) in [5, 5.41) is 4.12. The van der Waals surface area contributed by atoms with Crippen molar-refractivity contribution in [3.63, 3.8) is 0 Å². The summed E-state index contributed by atoms with van der Waals surface area (Å²) in [6.45, 7) is 4.08. The zero-order valence-electron chi connectivity index (χ0n) is 13.2. The summed E-state index contributed by atoms with van der Waals surface area (Å²) in [5.74, 6) is 0.0696. The SMILES string of the molecule is Cc1ccc(NC(=O)CCc2nc3c(s2)CCCC3)c(C)c1. The van der Waals surface area contributed by atoms with E-state index < -0.39 is 0 Å². The molecule has 1 amide bonds. The highest BCUT2D eigenvalue weighted by Crippen LogP contribution is 2.27. The van der Waals surface area contributed by atoms with E-state index in [0.717, 1.165) is 29.1 Å². The molecule has 0 fully saturated rings. The van der Waals surface area contributed by atoms with Gasteiger partial charge in [0.1, 0.15) is 0 Å². The monoisotopic (exact) mass is 314 g/mol. The molecule has 1 aliphatic rings. The molecular formula is C18H22N2OS. The number of carbonyl (C=O) groups is 1. The van der Waals surface area contributed by atoms with Crippen LogP contribution in [0.5, 0.6) is 0 Å². The number of hydrogen-bond acceptors (Lipinski definition) is 3. The maximum Gasteiger partial charge on any atom is 0.224 e. The Morgan fingerprint density at radius 1 is 1.27 bits per heavy atom. The van der Waals surface area contributed by atoms with Gasteiger partial charge in [-0.15, -0.1) is 11.3 Å². The fourth-order valence-electron chi connectivity index (χ4n) is 2.90. The van der Waals surface area contributed by atoms with Crippen LogP contribution >= 0.6 is 11.3 Å². The van der Waals surface area contributed by atoms with Crippen LogP contribution in [-0.4, -0.2) is 10.9 Å². The molecule has 22 heavy (non-hydrogen) atoms. The molecule has 2 aromatic rings. The number of nitrogens with zero attached hydrogens (tertiary/aromatic N) is 1. The van der Waals surface area contributed by atoms with Gasteiger partial charge in [0.15, 0.2) is 0 Å². The molecule has 1 N–H and O–H groups in total. The lowest BCUT2D eigenvalue weighted by Gasteiger charge is -2.08. The van der Waals surface area contributed by atoms with Crippen molar-refractivity contribution in [3.8, 4) is 0 Å². The van der Waals surface area contributed by atoms with Crippen molar-refractivity contribution in [2.45, 2.75) is 52.4 Å². The minimum Gasteiger partial charge on any atom is -0.326 e. The molecule has 116 valence electrons. The van der Waals surface area contributed by atoms with Crippen LogP contribution in [0.3, 0.4) is 0 Å². The molecule has 0 aliphatic heterocycles. The number of thiazole rings is 1. The molecule has 0 bridgehead atoms. The highest BCUT2D eigenvalue weighted by molar-refractivity contribution is 7.11. The van der Waals surface area contributed by atoms with Crippen molar-refractivity contribution in [2.24, 2.45) is 0 Å². The van der Waals surface area contributed by atoms with E-state index in [1.54, 1.807) is 11.3 Å². The smallest absolute Gasteiger partial charge is 0.224 e. The Bertz CT molecular complexity index is 667. The summed E-state index contributed by atoms with van der Waals surface area (Å²) in [4.78, 5) is 18.3. The van der Waals surface area contributed by atoms with Crippen molar-refractivity contribution in [3.05, 3.63) is 44.9 Å². The van der Waals surface area contributed by atoms with Crippen molar-refractivity contribution < 1.29 is 4.79 Å². The molecule has 0 radical (unpaired) electrons. The number of carbonyl (C=O) groups excluding carboxylic acids is 1. The molecule has 1 heterocycles. The van der Waals surface area contributed by atoms with E-state index in [4.69, 9.17) is 4.98 Å². The van der Waals surface area contributed by atoms with Crippen LogP contribution in [0, 0.1) is 13.8 Å². The minimum absolute atomic E-state index is 0.0696. The summed E-state index contributed by atoms with van der Waals surface area (Å²) in [7, 11) is 0. The van der Waals surface area contributed by atoms with Gasteiger partial charge >= 0.3 is 0 Å². The maximum absolute atomic E-state index is 12.1. The van der Waals surface area contributed by atoms with E-state index >= 15 is 0 Å². The standard InChI is InChI=1S/C18H22N2OS/c1-12-7-8-14(13(2)11-12)19-17(21)9-10-18-20-15-5-3-4-6-16(15)22-18/h7-8,11H,3-6,9-10H2,1-2H3,(H,19,21). The molecule has 0 atom stereocenters. The van der Waals surface area contributed by atoms with Gasteiger partial charge in [-0.05, 0) is 51.2 Å². The van der Waals surface area contributed by atoms with Crippen LogP contribution in [0.25, 0.3) is 0 Å². The maximum atomic E-state index is 12.1. The van der Waals surface area contributed by atoms with Crippen molar-refractivity contribution >= 4 is 22.9 Å². The van der Waals surface area contributed by atoms with Gasteiger partial charge in [0, 0.05) is 23.4 Å². The minimum atomic E-state index is 0.0696. The molecule has 0 saturated carbocycles. The summed E-state index contributed by atoms with van der Waals surface area (Å²) in [6, 6.07) is 6.09. The van der Waals surface area contributed by atoms with Crippen molar-refractivity contribution in [1.29, 1.82) is 0 Å². The number of anilines is 1. The Labute approximate surface area is 135 Å². The zero-order valence-corrected chi connectivity index (χ0v) is 14.1. The Morgan fingerprint density at radius 3 is 2.86 bits per heavy atom. The summed E-state index contributed by atoms with van der Waals surface area (Å²) >= 11 is 1.80. The molecule has 1 aliphatic carbocycles. The van der Waals surface area contributed by atoms with Crippen LogP contribution in [-0.2, 0) is 24.1 Å². The van der Waals surface area contributed by atoms with Gasteiger partial charge in [-0.2, -0.15) is 0 Å². The fraction of sp³-hybridized carbons (Fsp3) is 0.444. The van der Waals surface area contributed by atoms with Gasteiger partial charge in [-0.1, -0.05) is 17.7 Å². The number of hydrogen-bond donors (Lipinski definition) is 1.